The normalized spacial score (nSPS) is 12.2. The molecular formula is C22H13N2+. The molecular weight excluding hydrogens is 292 g/mol. The number of benzene rings is 3. The van der Waals surface area contributed by atoms with Crippen molar-refractivity contribution in [3.8, 4) is 22.4 Å². The largest absolute Gasteiger partial charge is 0.246 e. The van der Waals surface area contributed by atoms with Crippen molar-refractivity contribution in [2.45, 2.75) is 0 Å². The van der Waals surface area contributed by atoms with Gasteiger partial charge in [-0.05, 0) is 27.8 Å². The van der Waals surface area contributed by atoms with Crippen LogP contribution < -0.4 is 4.52 Å². The smallest absolute Gasteiger partial charge is 0.0616 e. The molecule has 0 spiro atoms. The molecule has 0 unspecified atom stereocenters. The van der Waals surface area contributed by atoms with Gasteiger partial charge < -0.3 is 0 Å². The summed E-state index contributed by atoms with van der Waals surface area (Å²) in [6.45, 7) is 0. The molecule has 0 saturated heterocycles. The lowest BCUT2D eigenvalue weighted by atomic mass is 10.0. The van der Waals surface area contributed by atoms with Gasteiger partial charge in [0.1, 0.15) is 5.69 Å². The minimum atomic E-state index is 1.08. The highest BCUT2D eigenvalue weighted by atomic mass is 15.2. The molecule has 0 amide bonds. The van der Waals surface area contributed by atoms with Gasteiger partial charge >= 0.3 is 0 Å². The average Bonchev–Trinajstić information content (AvgIpc) is 2.96. The number of hydrogen-bond acceptors (Lipinski definition) is 1. The first-order chi connectivity index (χ1) is 11.9. The number of nitrogens with zero attached hydrogens (tertiary/aromatic N) is 2. The third kappa shape index (κ3) is 1.41. The van der Waals surface area contributed by atoms with Gasteiger partial charge in [-0.15, -0.1) is 0 Å². The lowest BCUT2D eigenvalue weighted by molar-refractivity contribution is -0.578. The second kappa shape index (κ2) is 4.18. The lowest BCUT2D eigenvalue weighted by Gasteiger charge is -2.01. The van der Waals surface area contributed by atoms with Crippen LogP contribution in [0.1, 0.15) is 0 Å². The maximum atomic E-state index is 4.96. The van der Waals surface area contributed by atoms with Crippen LogP contribution in [0, 0.1) is 0 Å². The van der Waals surface area contributed by atoms with E-state index in [-0.39, 0.29) is 0 Å². The van der Waals surface area contributed by atoms with Crippen molar-refractivity contribution in [2.24, 2.45) is 0 Å². The van der Waals surface area contributed by atoms with E-state index in [1.165, 1.54) is 38.2 Å². The number of aromatic nitrogens is 2. The van der Waals surface area contributed by atoms with Crippen LogP contribution in [-0.2, 0) is 0 Å². The van der Waals surface area contributed by atoms with Crippen molar-refractivity contribution in [3.63, 3.8) is 0 Å². The van der Waals surface area contributed by atoms with E-state index in [4.69, 9.17) is 5.10 Å². The first-order valence-corrected chi connectivity index (χ1v) is 8.17. The van der Waals surface area contributed by atoms with Crippen molar-refractivity contribution < 1.29 is 4.52 Å². The predicted octanol–water partition coefficient (Wildman–Crippen LogP) is 4.77. The molecule has 0 fully saturated rings. The second-order valence-corrected chi connectivity index (χ2v) is 6.35. The molecule has 5 aromatic rings. The van der Waals surface area contributed by atoms with E-state index < -0.39 is 0 Å². The highest BCUT2D eigenvalue weighted by Crippen LogP contribution is 2.45. The Morgan fingerprint density at radius 3 is 2.38 bits per heavy atom. The number of rotatable bonds is 0. The molecule has 1 aliphatic carbocycles. The Labute approximate surface area is 138 Å². The summed E-state index contributed by atoms with van der Waals surface area (Å²) in [6.07, 6.45) is 2.06. The number of pyridine rings is 1. The second-order valence-electron chi connectivity index (χ2n) is 6.35. The highest BCUT2D eigenvalue weighted by Gasteiger charge is 2.26. The molecule has 0 radical (unpaired) electrons. The fourth-order valence-electron chi connectivity index (χ4n) is 4.00. The average molecular weight is 305 g/mol. The molecule has 110 valence electrons. The Bertz CT molecular complexity index is 1300. The molecule has 0 aliphatic heterocycles. The summed E-state index contributed by atoms with van der Waals surface area (Å²) >= 11 is 0. The Balaban J connectivity index is 1.83. The topological polar surface area (TPSA) is 17.0 Å². The predicted molar refractivity (Wildman–Crippen MR) is 96.8 cm³/mol. The van der Waals surface area contributed by atoms with Gasteiger partial charge in [-0.2, -0.15) is 0 Å². The van der Waals surface area contributed by atoms with Crippen LogP contribution in [0.25, 0.3) is 49.4 Å². The van der Waals surface area contributed by atoms with Crippen molar-refractivity contribution in [2.75, 3.05) is 0 Å². The summed E-state index contributed by atoms with van der Waals surface area (Å²) in [5.41, 5.74) is 5.99. The van der Waals surface area contributed by atoms with E-state index in [2.05, 4.69) is 79.0 Å². The van der Waals surface area contributed by atoms with E-state index in [0.717, 1.165) is 11.2 Å². The molecule has 0 N–H and O–H groups in total. The molecule has 0 atom stereocenters. The van der Waals surface area contributed by atoms with Crippen LogP contribution in [0.2, 0.25) is 0 Å². The minimum absolute atomic E-state index is 1.08. The quantitative estimate of drug-likeness (QED) is 0.292. The van der Waals surface area contributed by atoms with Gasteiger partial charge in [-0.3, -0.25) is 0 Å². The van der Waals surface area contributed by atoms with Crippen LogP contribution >= 0.6 is 0 Å². The SMILES string of the molecule is c1cc2c3c(cccc3c1)-c1n[n+]3ccc4ccccc4c3cc1-2. The van der Waals surface area contributed by atoms with Gasteiger partial charge in [0, 0.05) is 28.4 Å². The van der Waals surface area contributed by atoms with E-state index >= 15 is 0 Å². The summed E-state index contributed by atoms with van der Waals surface area (Å²) in [6, 6.07) is 25.9. The van der Waals surface area contributed by atoms with Crippen LogP contribution in [0.5, 0.6) is 0 Å². The van der Waals surface area contributed by atoms with Gasteiger partial charge in [0.25, 0.3) is 0 Å². The van der Waals surface area contributed by atoms with Crippen molar-refractivity contribution in [3.05, 3.63) is 79.0 Å². The third-order valence-corrected chi connectivity index (χ3v) is 5.07. The summed E-state index contributed by atoms with van der Waals surface area (Å²) in [5, 5.41) is 10.0. The molecule has 2 nitrogen and oxygen atoms in total. The summed E-state index contributed by atoms with van der Waals surface area (Å²) in [4.78, 5) is 0. The molecule has 2 aromatic heterocycles. The van der Waals surface area contributed by atoms with Crippen LogP contribution in [0.15, 0.2) is 79.0 Å². The Morgan fingerprint density at radius 2 is 1.46 bits per heavy atom. The Morgan fingerprint density at radius 1 is 0.667 bits per heavy atom. The molecule has 0 saturated carbocycles. The molecule has 3 aromatic carbocycles. The minimum Gasteiger partial charge on any atom is -0.0616 e. The maximum Gasteiger partial charge on any atom is 0.246 e. The number of fused-ring (bicyclic) bond motifs is 6. The van der Waals surface area contributed by atoms with Crippen molar-refractivity contribution >= 4 is 27.1 Å². The fourth-order valence-corrected chi connectivity index (χ4v) is 4.00. The van der Waals surface area contributed by atoms with Gasteiger partial charge in [0.05, 0.1) is 5.39 Å². The first kappa shape index (κ1) is 12.2. The lowest BCUT2D eigenvalue weighted by Crippen LogP contribution is -2.26. The molecule has 0 bridgehead atoms. The Kier molecular flexibility index (Phi) is 2.12. The molecule has 1 aliphatic rings. The molecule has 24 heavy (non-hydrogen) atoms. The van der Waals surface area contributed by atoms with Crippen LogP contribution in [0.4, 0.5) is 0 Å². The zero-order chi connectivity index (χ0) is 15.7. The Hall–Kier alpha value is -3.26. The zero-order valence-corrected chi connectivity index (χ0v) is 12.9. The van der Waals surface area contributed by atoms with Crippen molar-refractivity contribution in [1.82, 2.24) is 5.10 Å². The van der Waals surface area contributed by atoms with Crippen LogP contribution in [0.3, 0.4) is 0 Å². The van der Waals surface area contributed by atoms with E-state index in [1.54, 1.807) is 0 Å². The molecule has 2 heteroatoms. The molecule has 6 rings (SSSR count). The summed E-state index contributed by atoms with van der Waals surface area (Å²) in [7, 11) is 0. The van der Waals surface area contributed by atoms with E-state index in [0.29, 0.717) is 0 Å². The maximum absolute atomic E-state index is 4.96. The van der Waals surface area contributed by atoms with Crippen molar-refractivity contribution in [1.29, 1.82) is 0 Å². The highest BCUT2D eigenvalue weighted by molar-refractivity contribution is 6.14. The summed E-state index contributed by atoms with van der Waals surface area (Å²) in [5.74, 6) is 0. The fraction of sp³-hybridized carbons (Fsp3) is 0. The van der Waals surface area contributed by atoms with Gasteiger partial charge in [0.2, 0.25) is 11.7 Å². The van der Waals surface area contributed by atoms with E-state index in [1.807, 2.05) is 4.52 Å². The monoisotopic (exact) mass is 305 g/mol. The van der Waals surface area contributed by atoms with E-state index in [9.17, 15) is 0 Å². The summed E-state index contributed by atoms with van der Waals surface area (Å²) < 4.78 is 2.01. The first-order valence-electron chi connectivity index (χ1n) is 8.17. The zero-order valence-electron chi connectivity index (χ0n) is 12.9. The van der Waals surface area contributed by atoms with Gasteiger partial charge in [-0.1, -0.05) is 59.1 Å². The standard InChI is InChI=1S/C22H13N2/c1-2-8-16-14(5-1)11-12-24-20(16)13-19-17-9-3-6-15-7-4-10-18(21(15)17)22(19)23-24/h1-13H/q+1. The van der Waals surface area contributed by atoms with Crippen LogP contribution in [-0.4, -0.2) is 5.10 Å². The number of hydrogen-bond donors (Lipinski definition) is 0. The van der Waals surface area contributed by atoms with Gasteiger partial charge in [0.15, 0.2) is 0 Å². The molecule has 2 heterocycles. The van der Waals surface area contributed by atoms with Gasteiger partial charge in [-0.25, -0.2) is 0 Å². The third-order valence-electron chi connectivity index (χ3n) is 5.07.